The zero-order valence-electron chi connectivity index (χ0n) is 15.1. The molecule has 0 bridgehead atoms. The van der Waals surface area contributed by atoms with Crippen LogP contribution in [0.2, 0.25) is 0 Å². The summed E-state index contributed by atoms with van der Waals surface area (Å²) >= 11 is 0. The molecule has 0 aliphatic carbocycles. The fraction of sp³-hybridized carbons (Fsp3) is 0.273. The van der Waals surface area contributed by atoms with Crippen molar-refractivity contribution in [2.24, 2.45) is 0 Å². The number of nitrogens with zero attached hydrogens (tertiary/aromatic N) is 2. The number of hydrogen-bond donors (Lipinski definition) is 1. The Kier molecular flexibility index (Phi) is 6.35. The second-order valence-corrected chi connectivity index (χ2v) is 6.72. The third kappa shape index (κ3) is 5.50. The monoisotopic (exact) mass is 363 g/mol. The molecule has 1 aliphatic heterocycles. The predicted molar refractivity (Wildman–Crippen MR) is 103 cm³/mol. The Morgan fingerprint density at radius 1 is 1.22 bits per heavy atom. The van der Waals surface area contributed by atoms with Crippen LogP contribution in [0, 0.1) is 17.1 Å². The van der Waals surface area contributed by atoms with Gasteiger partial charge in [-0.2, -0.15) is 5.26 Å². The second kappa shape index (κ2) is 9.11. The maximum Gasteiger partial charge on any atom is 0.244 e. The van der Waals surface area contributed by atoms with Crippen LogP contribution in [0.4, 0.5) is 4.39 Å². The number of hydrogen-bond acceptors (Lipinski definition) is 3. The van der Waals surface area contributed by atoms with Crippen molar-refractivity contribution in [2.75, 3.05) is 13.1 Å². The third-order valence-electron chi connectivity index (χ3n) is 4.73. The number of piperidine rings is 1. The topological polar surface area (TPSA) is 56.1 Å². The predicted octanol–water partition coefficient (Wildman–Crippen LogP) is 3.49. The van der Waals surface area contributed by atoms with E-state index >= 15 is 0 Å². The smallest absolute Gasteiger partial charge is 0.244 e. The van der Waals surface area contributed by atoms with Gasteiger partial charge in [0.2, 0.25) is 5.91 Å². The van der Waals surface area contributed by atoms with Gasteiger partial charge >= 0.3 is 0 Å². The molecule has 1 N–H and O–H groups in total. The Balaban J connectivity index is 1.46. The minimum absolute atomic E-state index is 0.129. The molecule has 0 spiro atoms. The lowest BCUT2D eigenvalue weighted by molar-refractivity contribution is -0.117. The standard InChI is InChI=1S/C22H22FN3O/c23-21-7-2-1-6-19(21)16-26-12-10-20(11-13-26)25-22(27)9-8-17-4-3-5-18(14-17)15-24/h1-9,14,20H,10-13,16H2,(H,25,27)/b9-8+. The quantitative estimate of drug-likeness (QED) is 0.828. The highest BCUT2D eigenvalue weighted by Gasteiger charge is 2.20. The number of likely N-dealkylation sites (tertiary alicyclic amines) is 1. The molecule has 1 aliphatic rings. The Morgan fingerprint density at radius 3 is 2.74 bits per heavy atom. The zero-order chi connectivity index (χ0) is 19.1. The van der Waals surface area contributed by atoms with E-state index in [1.807, 2.05) is 18.2 Å². The summed E-state index contributed by atoms with van der Waals surface area (Å²) in [7, 11) is 0. The van der Waals surface area contributed by atoms with Gasteiger partial charge < -0.3 is 5.32 Å². The normalized spacial score (nSPS) is 15.6. The maximum absolute atomic E-state index is 13.8. The van der Waals surface area contributed by atoms with Crippen molar-refractivity contribution in [2.45, 2.75) is 25.4 Å². The van der Waals surface area contributed by atoms with Gasteiger partial charge in [0.05, 0.1) is 11.6 Å². The van der Waals surface area contributed by atoms with Gasteiger partial charge in [-0.25, -0.2) is 4.39 Å². The molecule has 1 heterocycles. The number of nitriles is 1. The molecule has 1 amide bonds. The highest BCUT2D eigenvalue weighted by Crippen LogP contribution is 2.16. The summed E-state index contributed by atoms with van der Waals surface area (Å²) in [4.78, 5) is 14.3. The third-order valence-corrected chi connectivity index (χ3v) is 4.73. The first kappa shape index (κ1) is 18.8. The summed E-state index contributed by atoms with van der Waals surface area (Å²) in [6.07, 6.45) is 4.90. The molecule has 0 unspecified atom stereocenters. The molecule has 3 rings (SSSR count). The van der Waals surface area contributed by atoms with E-state index in [0.717, 1.165) is 31.5 Å². The molecule has 0 saturated carbocycles. The highest BCUT2D eigenvalue weighted by molar-refractivity contribution is 5.91. The van der Waals surface area contributed by atoms with Gasteiger partial charge in [-0.15, -0.1) is 0 Å². The molecule has 27 heavy (non-hydrogen) atoms. The Bertz CT molecular complexity index is 864. The molecule has 1 fully saturated rings. The molecule has 0 aromatic heterocycles. The summed E-state index contributed by atoms with van der Waals surface area (Å²) in [6, 6.07) is 16.2. The Hall–Kier alpha value is -2.97. The van der Waals surface area contributed by atoms with Crippen molar-refractivity contribution in [3.8, 4) is 6.07 Å². The van der Waals surface area contributed by atoms with Crippen LogP contribution in [0.25, 0.3) is 6.08 Å². The van der Waals surface area contributed by atoms with Gasteiger partial charge in [-0.3, -0.25) is 9.69 Å². The number of nitrogens with one attached hydrogen (secondary N) is 1. The van der Waals surface area contributed by atoms with Crippen molar-refractivity contribution in [3.63, 3.8) is 0 Å². The van der Waals surface area contributed by atoms with Crippen LogP contribution in [0.5, 0.6) is 0 Å². The van der Waals surface area contributed by atoms with Crippen LogP contribution in [0.15, 0.2) is 54.6 Å². The minimum Gasteiger partial charge on any atom is -0.350 e. The molecular weight excluding hydrogens is 341 g/mol. The van der Waals surface area contributed by atoms with Crippen molar-refractivity contribution < 1.29 is 9.18 Å². The fourth-order valence-electron chi connectivity index (χ4n) is 3.24. The number of halogens is 1. The highest BCUT2D eigenvalue weighted by atomic mass is 19.1. The van der Waals surface area contributed by atoms with Crippen LogP contribution in [0.3, 0.4) is 0 Å². The van der Waals surface area contributed by atoms with Gasteiger partial charge in [0, 0.05) is 37.3 Å². The van der Waals surface area contributed by atoms with E-state index in [0.29, 0.717) is 17.7 Å². The summed E-state index contributed by atoms with van der Waals surface area (Å²) in [6.45, 7) is 2.25. The number of carbonyl (C=O) groups is 1. The number of rotatable bonds is 5. The first-order valence-corrected chi connectivity index (χ1v) is 9.08. The summed E-state index contributed by atoms with van der Waals surface area (Å²) in [5.74, 6) is -0.302. The average Bonchev–Trinajstić information content (AvgIpc) is 2.70. The molecule has 0 radical (unpaired) electrons. The second-order valence-electron chi connectivity index (χ2n) is 6.72. The number of benzene rings is 2. The molecule has 2 aromatic rings. The molecular formula is C22H22FN3O. The molecule has 2 aromatic carbocycles. The van der Waals surface area contributed by atoms with E-state index in [4.69, 9.17) is 5.26 Å². The van der Waals surface area contributed by atoms with Crippen molar-refractivity contribution in [1.82, 2.24) is 10.2 Å². The maximum atomic E-state index is 13.8. The van der Waals surface area contributed by atoms with Crippen molar-refractivity contribution in [3.05, 3.63) is 77.1 Å². The van der Waals surface area contributed by atoms with Gasteiger partial charge in [-0.05, 0) is 42.7 Å². The van der Waals surface area contributed by atoms with Crippen LogP contribution in [-0.4, -0.2) is 29.9 Å². The lowest BCUT2D eigenvalue weighted by atomic mass is 10.0. The van der Waals surface area contributed by atoms with E-state index in [2.05, 4.69) is 16.3 Å². The van der Waals surface area contributed by atoms with E-state index in [-0.39, 0.29) is 17.8 Å². The molecule has 138 valence electrons. The molecule has 1 saturated heterocycles. The van der Waals surface area contributed by atoms with E-state index < -0.39 is 0 Å². The van der Waals surface area contributed by atoms with Gasteiger partial charge in [0.1, 0.15) is 5.82 Å². The molecule has 4 nitrogen and oxygen atoms in total. The summed E-state index contributed by atoms with van der Waals surface area (Å²) in [5.41, 5.74) is 2.10. The molecule has 0 atom stereocenters. The fourth-order valence-corrected chi connectivity index (χ4v) is 3.24. The van der Waals surface area contributed by atoms with Crippen LogP contribution < -0.4 is 5.32 Å². The first-order chi connectivity index (χ1) is 13.1. The number of carbonyl (C=O) groups excluding carboxylic acids is 1. The van der Waals surface area contributed by atoms with E-state index in [1.54, 1.807) is 30.3 Å². The number of amides is 1. The SMILES string of the molecule is N#Cc1cccc(/C=C/C(=O)NC2CCN(Cc3ccccc3F)CC2)c1. The van der Waals surface area contributed by atoms with Crippen molar-refractivity contribution in [1.29, 1.82) is 5.26 Å². The van der Waals surface area contributed by atoms with Gasteiger partial charge in [0.15, 0.2) is 0 Å². The van der Waals surface area contributed by atoms with Gasteiger partial charge in [-0.1, -0.05) is 30.3 Å². The Morgan fingerprint density at radius 2 is 2.00 bits per heavy atom. The molecule has 5 heteroatoms. The lowest BCUT2D eigenvalue weighted by Crippen LogP contribution is -2.44. The average molecular weight is 363 g/mol. The van der Waals surface area contributed by atoms with Crippen molar-refractivity contribution >= 4 is 12.0 Å². The van der Waals surface area contributed by atoms with Gasteiger partial charge in [0.25, 0.3) is 0 Å². The van der Waals surface area contributed by atoms with Crippen LogP contribution in [-0.2, 0) is 11.3 Å². The lowest BCUT2D eigenvalue weighted by Gasteiger charge is -2.32. The zero-order valence-corrected chi connectivity index (χ0v) is 15.1. The van der Waals surface area contributed by atoms with Crippen LogP contribution in [0.1, 0.15) is 29.5 Å². The minimum atomic E-state index is -0.168. The summed E-state index contributed by atoms with van der Waals surface area (Å²) in [5, 5.41) is 11.9. The Labute approximate surface area is 158 Å². The van der Waals surface area contributed by atoms with E-state index in [1.165, 1.54) is 12.1 Å². The summed E-state index contributed by atoms with van der Waals surface area (Å²) < 4.78 is 13.8. The first-order valence-electron chi connectivity index (χ1n) is 9.08. The van der Waals surface area contributed by atoms with E-state index in [9.17, 15) is 9.18 Å². The van der Waals surface area contributed by atoms with Crippen LogP contribution >= 0.6 is 0 Å². The largest absolute Gasteiger partial charge is 0.350 e.